The van der Waals surface area contributed by atoms with Crippen LogP contribution in [-0.4, -0.2) is 26.3 Å². The number of hydrogen-bond acceptors (Lipinski definition) is 7. The number of benzene rings is 2. The van der Waals surface area contributed by atoms with E-state index in [-0.39, 0.29) is 13.2 Å². The number of carbonyl (C=O) groups is 1. The van der Waals surface area contributed by atoms with Gasteiger partial charge in [0.25, 0.3) is 5.91 Å². The van der Waals surface area contributed by atoms with Crippen LogP contribution < -0.4 is 10.1 Å². The fraction of sp³-hybridized carbons (Fsp3) is 0.143. The number of rotatable bonds is 6. The zero-order chi connectivity index (χ0) is 20.2. The molecule has 1 atom stereocenters. The van der Waals surface area contributed by atoms with Gasteiger partial charge in [-0.15, -0.1) is 0 Å². The molecule has 8 heteroatoms. The number of aliphatic hydroxyl groups is 1. The molecule has 0 saturated heterocycles. The molecule has 2 aromatic heterocycles. The van der Waals surface area contributed by atoms with E-state index in [1.165, 1.54) is 0 Å². The Kier molecular flexibility index (Phi) is 5.17. The molecule has 0 saturated carbocycles. The second kappa shape index (κ2) is 8.07. The van der Waals surface area contributed by atoms with E-state index in [0.717, 1.165) is 11.1 Å². The van der Waals surface area contributed by atoms with Gasteiger partial charge in [-0.05, 0) is 52.6 Å². The van der Waals surface area contributed by atoms with Crippen molar-refractivity contribution >= 4 is 16.9 Å². The van der Waals surface area contributed by atoms with Crippen LogP contribution in [0.1, 0.15) is 35.9 Å². The first-order chi connectivity index (χ1) is 14.1. The van der Waals surface area contributed by atoms with Crippen LogP contribution in [0.25, 0.3) is 11.0 Å². The van der Waals surface area contributed by atoms with Crippen LogP contribution in [0.2, 0.25) is 0 Å². The van der Waals surface area contributed by atoms with E-state index in [0.29, 0.717) is 28.9 Å². The molecule has 0 radical (unpaired) electrons. The molecule has 2 N–H and O–H groups in total. The third-order valence-electron chi connectivity index (χ3n) is 4.37. The smallest absolute Gasteiger partial charge is 0.257 e. The normalized spacial score (nSPS) is 11.9. The highest BCUT2D eigenvalue weighted by molar-refractivity contribution is 5.96. The molecule has 8 nitrogen and oxygen atoms in total. The van der Waals surface area contributed by atoms with E-state index < -0.39 is 6.10 Å². The predicted octanol–water partition coefficient (Wildman–Crippen LogP) is 3.64. The molecule has 2 heterocycles. The van der Waals surface area contributed by atoms with Crippen LogP contribution >= 0.6 is 0 Å². The molecule has 29 heavy (non-hydrogen) atoms. The highest BCUT2D eigenvalue weighted by Gasteiger charge is 2.15. The molecular formula is C21H20N4O4. The van der Waals surface area contributed by atoms with Crippen LogP contribution in [0, 0.1) is 0 Å². The van der Waals surface area contributed by atoms with E-state index in [1.807, 2.05) is 24.3 Å². The monoisotopic (exact) mass is 392 g/mol. The first-order valence-corrected chi connectivity index (χ1v) is 9.00. The molecule has 0 aliphatic heterocycles. The Morgan fingerprint density at radius 3 is 2.76 bits per heavy atom. The van der Waals surface area contributed by atoms with Crippen molar-refractivity contribution in [1.29, 1.82) is 0 Å². The predicted molar refractivity (Wildman–Crippen MR) is 106 cm³/mol. The second-order valence-corrected chi connectivity index (χ2v) is 6.47. The lowest BCUT2D eigenvalue weighted by molar-refractivity contribution is 0.0948. The molecule has 0 fully saturated rings. The lowest BCUT2D eigenvalue weighted by Crippen LogP contribution is -2.23. The molecule has 148 valence electrons. The summed E-state index contributed by atoms with van der Waals surface area (Å²) in [4.78, 5) is 16.8. The first-order valence-electron chi connectivity index (χ1n) is 9.00. The minimum absolute atomic E-state index is 0. The summed E-state index contributed by atoms with van der Waals surface area (Å²) in [7, 11) is 0. The molecule has 0 aliphatic rings. The third kappa shape index (κ3) is 4.22. The number of nitrogens with one attached hydrogen (secondary N) is 1. The zero-order valence-electron chi connectivity index (χ0n) is 15.6. The highest BCUT2D eigenvalue weighted by Crippen LogP contribution is 2.25. The maximum absolute atomic E-state index is 12.7. The van der Waals surface area contributed by atoms with Gasteiger partial charge in [-0.25, -0.2) is 9.61 Å². The van der Waals surface area contributed by atoms with E-state index in [1.54, 1.807) is 43.5 Å². The summed E-state index contributed by atoms with van der Waals surface area (Å²) >= 11 is 0. The molecular weight excluding hydrogens is 372 g/mol. The maximum atomic E-state index is 12.7. The molecule has 2 aromatic carbocycles. The number of aliphatic hydroxyl groups excluding tert-OH is 1. The SMILES string of the molecule is CC(O)c1ccc(CNC(=O)c2cccnc2Oc2ccc3nonc3c2)cc1.[HH]. The fourth-order valence-electron chi connectivity index (χ4n) is 2.77. The average molecular weight is 392 g/mol. The third-order valence-corrected chi connectivity index (χ3v) is 4.37. The van der Waals surface area contributed by atoms with Crippen molar-refractivity contribution in [1.82, 2.24) is 20.6 Å². The Morgan fingerprint density at radius 1 is 1.17 bits per heavy atom. The summed E-state index contributed by atoms with van der Waals surface area (Å²) < 4.78 is 10.5. The van der Waals surface area contributed by atoms with Gasteiger partial charge in [0.2, 0.25) is 5.88 Å². The number of aromatic nitrogens is 3. The Morgan fingerprint density at radius 2 is 1.97 bits per heavy atom. The standard InChI is InChI=1S/C21H18N4O4.H2/c1-13(26)15-6-4-14(5-7-15)12-23-20(27)17-3-2-10-22-21(17)28-16-8-9-18-19(11-16)25-29-24-18;/h2-11,13,26H,12H2,1H3,(H,23,27);1H. The van der Waals surface area contributed by atoms with Gasteiger partial charge < -0.3 is 15.2 Å². The van der Waals surface area contributed by atoms with Crippen molar-refractivity contribution in [2.24, 2.45) is 0 Å². The van der Waals surface area contributed by atoms with Crippen molar-refractivity contribution < 1.29 is 20.7 Å². The average Bonchev–Trinajstić information content (AvgIpc) is 3.20. The van der Waals surface area contributed by atoms with E-state index >= 15 is 0 Å². The summed E-state index contributed by atoms with van der Waals surface area (Å²) in [5.74, 6) is 0.344. The fourth-order valence-corrected chi connectivity index (χ4v) is 2.77. The largest absolute Gasteiger partial charge is 0.438 e. The van der Waals surface area contributed by atoms with Crippen molar-refractivity contribution in [3.05, 3.63) is 77.5 Å². The Labute approximate surface area is 167 Å². The minimum atomic E-state index is -0.527. The topological polar surface area (TPSA) is 110 Å². The summed E-state index contributed by atoms with van der Waals surface area (Å²) in [6, 6.07) is 15.8. The van der Waals surface area contributed by atoms with Gasteiger partial charge in [-0.3, -0.25) is 4.79 Å². The molecule has 4 aromatic rings. The number of pyridine rings is 1. The minimum Gasteiger partial charge on any atom is -0.438 e. The molecule has 1 amide bonds. The zero-order valence-corrected chi connectivity index (χ0v) is 15.6. The highest BCUT2D eigenvalue weighted by atomic mass is 16.6. The van der Waals surface area contributed by atoms with Crippen LogP contribution in [-0.2, 0) is 6.54 Å². The Bertz CT molecular complexity index is 1150. The van der Waals surface area contributed by atoms with E-state index in [9.17, 15) is 9.90 Å². The molecule has 0 bridgehead atoms. The van der Waals surface area contributed by atoms with Crippen LogP contribution in [0.5, 0.6) is 11.6 Å². The quantitative estimate of drug-likeness (QED) is 0.515. The van der Waals surface area contributed by atoms with Crippen LogP contribution in [0.15, 0.2) is 65.4 Å². The van der Waals surface area contributed by atoms with Crippen LogP contribution in [0.4, 0.5) is 0 Å². The van der Waals surface area contributed by atoms with Crippen molar-refractivity contribution in [3.8, 4) is 11.6 Å². The van der Waals surface area contributed by atoms with Gasteiger partial charge in [0.1, 0.15) is 22.3 Å². The Hall–Kier alpha value is -3.78. The molecule has 0 spiro atoms. The molecule has 0 aliphatic carbocycles. The van der Waals surface area contributed by atoms with Gasteiger partial charge in [-0.2, -0.15) is 0 Å². The number of ether oxygens (including phenoxy) is 1. The molecule has 4 rings (SSSR count). The van der Waals surface area contributed by atoms with Crippen molar-refractivity contribution in [3.63, 3.8) is 0 Å². The maximum Gasteiger partial charge on any atom is 0.257 e. The Balaban J connectivity index is 0.00000256. The number of amides is 1. The lowest BCUT2D eigenvalue weighted by Gasteiger charge is -2.11. The van der Waals surface area contributed by atoms with Gasteiger partial charge in [0, 0.05) is 20.2 Å². The van der Waals surface area contributed by atoms with E-state index in [2.05, 4.69) is 25.2 Å². The summed E-state index contributed by atoms with van der Waals surface area (Å²) in [5, 5.41) is 20.0. The number of fused-ring (bicyclic) bond motifs is 1. The van der Waals surface area contributed by atoms with Crippen LogP contribution in [0.3, 0.4) is 0 Å². The summed E-state index contributed by atoms with van der Waals surface area (Å²) in [6.45, 7) is 2.04. The number of carbonyl (C=O) groups excluding carboxylic acids is 1. The van der Waals surface area contributed by atoms with Gasteiger partial charge in [0.15, 0.2) is 0 Å². The summed E-state index contributed by atoms with van der Waals surface area (Å²) in [5.41, 5.74) is 3.20. The first kappa shape index (κ1) is 18.6. The van der Waals surface area contributed by atoms with Crippen molar-refractivity contribution in [2.45, 2.75) is 19.6 Å². The van der Waals surface area contributed by atoms with Gasteiger partial charge >= 0.3 is 0 Å². The molecule has 1 unspecified atom stereocenters. The second-order valence-electron chi connectivity index (χ2n) is 6.47. The lowest BCUT2D eigenvalue weighted by atomic mass is 10.1. The van der Waals surface area contributed by atoms with E-state index in [4.69, 9.17) is 4.74 Å². The van der Waals surface area contributed by atoms with Gasteiger partial charge in [0.05, 0.1) is 6.10 Å². The van der Waals surface area contributed by atoms with Crippen molar-refractivity contribution in [2.75, 3.05) is 0 Å². The summed E-state index contributed by atoms with van der Waals surface area (Å²) in [6.07, 6.45) is 1.03. The number of hydrogen-bond donors (Lipinski definition) is 2. The van der Waals surface area contributed by atoms with Gasteiger partial charge in [-0.1, -0.05) is 24.3 Å². The number of nitrogens with zero attached hydrogens (tertiary/aromatic N) is 3.